The van der Waals surface area contributed by atoms with Crippen molar-refractivity contribution in [3.8, 4) is 0 Å². The van der Waals surface area contributed by atoms with Crippen molar-refractivity contribution < 1.29 is 9.72 Å². The van der Waals surface area contributed by atoms with Crippen LogP contribution in [0.3, 0.4) is 0 Å². The zero-order valence-electron chi connectivity index (χ0n) is 14.0. The molecule has 132 valence electrons. The molecule has 0 N–H and O–H groups in total. The molecule has 0 aliphatic carbocycles. The Morgan fingerprint density at radius 2 is 2.08 bits per heavy atom. The summed E-state index contributed by atoms with van der Waals surface area (Å²) in [6.45, 7) is 5.55. The maximum Gasteiger partial charge on any atom is 0.320 e. The van der Waals surface area contributed by atoms with Crippen LogP contribution in [-0.4, -0.2) is 61.6 Å². The van der Waals surface area contributed by atoms with Crippen LogP contribution in [0.25, 0.3) is 0 Å². The minimum atomic E-state index is -0.551. The Balaban J connectivity index is 1.64. The second-order valence-corrected chi connectivity index (χ2v) is 5.91. The first-order chi connectivity index (χ1) is 12.1. The molecule has 9 nitrogen and oxygen atoms in total. The maximum atomic E-state index is 12.6. The summed E-state index contributed by atoms with van der Waals surface area (Å²) >= 11 is 0. The molecule has 3 rings (SSSR count). The minimum Gasteiger partial charge on any atom is -0.334 e. The second kappa shape index (κ2) is 7.39. The van der Waals surface area contributed by atoms with Gasteiger partial charge in [-0.1, -0.05) is 6.07 Å². The summed E-state index contributed by atoms with van der Waals surface area (Å²) in [5.41, 5.74) is 0.816. The van der Waals surface area contributed by atoms with Gasteiger partial charge in [-0.15, -0.1) is 0 Å². The van der Waals surface area contributed by atoms with E-state index in [-0.39, 0.29) is 17.3 Å². The number of carbonyl (C=O) groups excluding carboxylic acids is 1. The minimum absolute atomic E-state index is 0.0763. The van der Waals surface area contributed by atoms with Crippen LogP contribution in [0, 0.1) is 10.1 Å². The fourth-order valence-electron chi connectivity index (χ4n) is 2.87. The van der Waals surface area contributed by atoms with Gasteiger partial charge in [0.25, 0.3) is 5.91 Å². The first kappa shape index (κ1) is 17.0. The van der Waals surface area contributed by atoms with Gasteiger partial charge in [0.1, 0.15) is 6.20 Å². The van der Waals surface area contributed by atoms with Crippen molar-refractivity contribution in [2.24, 2.45) is 0 Å². The van der Waals surface area contributed by atoms with Crippen molar-refractivity contribution in [2.75, 3.05) is 26.2 Å². The van der Waals surface area contributed by atoms with Crippen LogP contribution in [0.1, 0.15) is 23.0 Å². The first-order valence-electron chi connectivity index (χ1n) is 8.21. The van der Waals surface area contributed by atoms with E-state index in [0.717, 1.165) is 12.1 Å². The van der Waals surface area contributed by atoms with E-state index in [1.165, 1.54) is 10.9 Å². The van der Waals surface area contributed by atoms with E-state index >= 15 is 0 Å². The lowest BCUT2D eigenvalue weighted by molar-refractivity contribution is -0.385. The SMILES string of the molecule is CCn1cc([N+](=O)[O-])c(C(=O)N2CCN(Cc3cccnc3)CC2)n1. The topological polar surface area (TPSA) is 97.4 Å². The van der Waals surface area contributed by atoms with Gasteiger partial charge < -0.3 is 4.90 Å². The highest BCUT2D eigenvalue weighted by atomic mass is 16.6. The molecule has 0 unspecified atom stereocenters. The number of carbonyl (C=O) groups is 1. The molecular formula is C16H20N6O3. The number of amides is 1. The maximum absolute atomic E-state index is 12.6. The van der Waals surface area contributed by atoms with Gasteiger partial charge in [-0.3, -0.25) is 29.5 Å². The van der Waals surface area contributed by atoms with Gasteiger partial charge in [-0.25, -0.2) is 0 Å². The third-order valence-corrected chi connectivity index (χ3v) is 4.25. The number of piperazine rings is 1. The van der Waals surface area contributed by atoms with Crippen LogP contribution in [0.2, 0.25) is 0 Å². The van der Waals surface area contributed by atoms with Crippen LogP contribution < -0.4 is 0 Å². The van der Waals surface area contributed by atoms with Crippen LogP contribution in [0.15, 0.2) is 30.7 Å². The molecule has 0 spiro atoms. The van der Waals surface area contributed by atoms with Crippen LogP contribution in [0.5, 0.6) is 0 Å². The summed E-state index contributed by atoms with van der Waals surface area (Å²) < 4.78 is 1.42. The number of aromatic nitrogens is 3. The Kier molecular flexibility index (Phi) is 5.03. The molecule has 0 saturated carbocycles. The number of aryl methyl sites for hydroxylation is 1. The Bertz CT molecular complexity index is 752. The summed E-state index contributed by atoms with van der Waals surface area (Å²) in [6, 6.07) is 3.92. The smallest absolute Gasteiger partial charge is 0.320 e. The van der Waals surface area contributed by atoms with Gasteiger partial charge in [-0.05, 0) is 18.6 Å². The lowest BCUT2D eigenvalue weighted by Gasteiger charge is -2.34. The average molecular weight is 344 g/mol. The van der Waals surface area contributed by atoms with Gasteiger partial charge >= 0.3 is 5.69 Å². The van der Waals surface area contributed by atoms with E-state index in [9.17, 15) is 14.9 Å². The Hall–Kier alpha value is -2.81. The number of pyridine rings is 1. The van der Waals surface area contributed by atoms with Crippen molar-refractivity contribution in [3.05, 3.63) is 52.1 Å². The largest absolute Gasteiger partial charge is 0.334 e. The van der Waals surface area contributed by atoms with E-state index in [0.29, 0.717) is 32.7 Å². The molecule has 9 heteroatoms. The number of rotatable bonds is 5. The molecule has 1 aliphatic heterocycles. The van der Waals surface area contributed by atoms with Gasteiger partial charge in [0.2, 0.25) is 5.69 Å². The summed E-state index contributed by atoms with van der Waals surface area (Å²) in [6.07, 6.45) is 4.88. The predicted molar refractivity (Wildman–Crippen MR) is 90.0 cm³/mol. The van der Waals surface area contributed by atoms with E-state index in [2.05, 4.69) is 15.0 Å². The third-order valence-electron chi connectivity index (χ3n) is 4.25. The van der Waals surface area contributed by atoms with Crippen molar-refractivity contribution in [3.63, 3.8) is 0 Å². The lowest BCUT2D eigenvalue weighted by atomic mass is 10.2. The van der Waals surface area contributed by atoms with Gasteiger partial charge in [0.15, 0.2) is 0 Å². The number of hydrogen-bond donors (Lipinski definition) is 0. The first-order valence-corrected chi connectivity index (χ1v) is 8.21. The summed E-state index contributed by atoms with van der Waals surface area (Å²) in [5.74, 6) is -0.375. The van der Waals surface area contributed by atoms with Crippen LogP contribution in [-0.2, 0) is 13.1 Å². The number of nitro groups is 1. The molecule has 0 bridgehead atoms. The zero-order chi connectivity index (χ0) is 17.8. The quantitative estimate of drug-likeness (QED) is 0.596. The van der Waals surface area contributed by atoms with Crippen LogP contribution in [0.4, 0.5) is 5.69 Å². The molecule has 1 saturated heterocycles. The predicted octanol–water partition coefficient (Wildman–Crippen LogP) is 1.16. The molecule has 1 fully saturated rings. The fraction of sp³-hybridized carbons (Fsp3) is 0.438. The third kappa shape index (κ3) is 3.82. The highest BCUT2D eigenvalue weighted by Gasteiger charge is 2.31. The monoisotopic (exact) mass is 344 g/mol. The summed E-state index contributed by atoms with van der Waals surface area (Å²) in [5, 5.41) is 15.2. The summed E-state index contributed by atoms with van der Waals surface area (Å²) in [7, 11) is 0. The van der Waals surface area contributed by atoms with Crippen molar-refractivity contribution in [2.45, 2.75) is 20.0 Å². The molecule has 0 atom stereocenters. The molecule has 3 heterocycles. The zero-order valence-corrected chi connectivity index (χ0v) is 14.0. The van der Waals surface area contributed by atoms with E-state index in [4.69, 9.17) is 0 Å². The van der Waals surface area contributed by atoms with Gasteiger partial charge in [0, 0.05) is 51.7 Å². The molecule has 2 aromatic rings. The lowest BCUT2D eigenvalue weighted by Crippen LogP contribution is -2.48. The van der Waals surface area contributed by atoms with E-state index in [1.54, 1.807) is 11.1 Å². The fourth-order valence-corrected chi connectivity index (χ4v) is 2.87. The van der Waals surface area contributed by atoms with E-state index in [1.807, 2.05) is 25.3 Å². The Morgan fingerprint density at radius 3 is 2.68 bits per heavy atom. The molecule has 1 aliphatic rings. The molecule has 25 heavy (non-hydrogen) atoms. The Morgan fingerprint density at radius 1 is 1.32 bits per heavy atom. The standard InChI is InChI=1S/C16H20N6O3/c1-2-21-12-14(22(24)25)15(18-21)16(23)20-8-6-19(7-9-20)11-13-4-3-5-17-10-13/h3-5,10,12H,2,6-9,11H2,1H3. The highest BCUT2D eigenvalue weighted by Crippen LogP contribution is 2.19. The molecule has 1 amide bonds. The van der Waals surface area contributed by atoms with Crippen molar-refractivity contribution >= 4 is 11.6 Å². The van der Waals surface area contributed by atoms with Gasteiger partial charge in [-0.2, -0.15) is 5.10 Å². The van der Waals surface area contributed by atoms with Crippen LogP contribution >= 0.6 is 0 Å². The number of nitrogens with zero attached hydrogens (tertiary/aromatic N) is 6. The molecule has 0 aromatic carbocycles. The van der Waals surface area contributed by atoms with Gasteiger partial charge in [0.05, 0.1) is 4.92 Å². The summed E-state index contributed by atoms with van der Waals surface area (Å²) in [4.78, 5) is 31.2. The van der Waals surface area contributed by atoms with E-state index < -0.39 is 4.92 Å². The highest BCUT2D eigenvalue weighted by molar-refractivity contribution is 5.96. The van der Waals surface area contributed by atoms with Crippen molar-refractivity contribution in [1.29, 1.82) is 0 Å². The average Bonchev–Trinajstić information content (AvgIpc) is 3.07. The number of hydrogen-bond acceptors (Lipinski definition) is 6. The van der Waals surface area contributed by atoms with Crippen molar-refractivity contribution in [1.82, 2.24) is 24.6 Å². The Labute approximate surface area is 145 Å². The second-order valence-electron chi connectivity index (χ2n) is 5.91. The molecule has 0 radical (unpaired) electrons. The molecular weight excluding hydrogens is 324 g/mol. The molecule has 2 aromatic heterocycles. The normalized spacial score (nSPS) is 15.3.